The summed E-state index contributed by atoms with van der Waals surface area (Å²) in [5.74, 6) is 0.568. The first-order valence-electron chi connectivity index (χ1n) is 7.63. The molecule has 0 bridgehead atoms. The Morgan fingerprint density at radius 1 is 1.08 bits per heavy atom. The largest absolute Gasteiger partial charge is 0.495 e. The lowest BCUT2D eigenvalue weighted by Gasteiger charge is -2.17. The van der Waals surface area contributed by atoms with E-state index in [9.17, 15) is 8.42 Å². The number of methoxy groups -OCH3 is 1. The molecule has 0 atom stereocenters. The average molecular weight is 412 g/mol. The highest BCUT2D eigenvalue weighted by molar-refractivity contribution is 9.10. The molecule has 130 valence electrons. The third-order valence-electron chi connectivity index (χ3n) is 3.90. The van der Waals surface area contributed by atoms with Gasteiger partial charge in [-0.2, -0.15) is 0 Å². The predicted octanol–water partition coefficient (Wildman–Crippen LogP) is 5.00. The molecular weight excluding hydrogens is 390 g/mol. The van der Waals surface area contributed by atoms with Gasteiger partial charge in [-0.1, -0.05) is 29.8 Å². The molecule has 0 spiro atoms. The van der Waals surface area contributed by atoms with Crippen molar-refractivity contribution >= 4 is 31.6 Å². The van der Waals surface area contributed by atoms with Crippen molar-refractivity contribution in [2.75, 3.05) is 11.8 Å². The van der Waals surface area contributed by atoms with Crippen LogP contribution >= 0.6 is 15.9 Å². The number of hydrogen-bond donors (Lipinski definition) is 1. The van der Waals surface area contributed by atoms with Crippen LogP contribution in [0.25, 0.3) is 0 Å². The first kappa shape index (κ1) is 18.8. The maximum Gasteiger partial charge on any atom is 0.265 e. The van der Waals surface area contributed by atoms with Crippen LogP contribution < -0.4 is 9.46 Å². The Balaban J connectivity index is 2.54. The molecule has 0 fully saturated rings. The van der Waals surface area contributed by atoms with Crippen molar-refractivity contribution in [3.8, 4) is 5.75 Å². The van der Waals surface area contributed by atoms with E-state index in [2.05, 4.69) is 20.7 Å². The van der Waals surface area contributed by atoms with Crippen LogP contribution in [0.4, 0.5) is 5.69 Å². The fourth-order valence-corrected chi connectivity index (χ4v) is 4.40. The van der Waals surface area contributed by atoms with Crippen molar-refractivity contribution in [1.82, 2.24) is 0 Å². The Hall–Kier alpha value is -1.53. The summed E-state index contributed by atoms with van der Waals surface area (Å²) in [6.45, 7) is 7.89. The number of halogens is 1. The van der Waals surface area contributed by atoms with Gasteiger partial charge in [0.2, 0.25) is 0 Å². The molecule has 6 heteroatoms. The first-order chi connectivity index (χ1) is 11.2. The van der Waals surface area contributed by atoms with Crippen molar-refractivity contribution in [3.63, 3.8) is 0 Å². The van der Waals surface area contributed by atoms with E-state index >= 15 is 0 Å². The molecule has 0 aliphatic heterocycles. The van der Waals surface area contributed by atoms with Crippen molar-refractivity contribution in [2.24, 2.45) is 0 Å². The molecule has 0 aliphatic carbocycles. The zero-order valence-electron chi connectivity index (χ0n) is 14.5. The zero-order valence-corrected chi connectivity index (χ0v) is 16.9. The minimum Gasteiger partial charge on any atom is -0.495 e. The zero-order chi connectivity index (χ0) is 18.1. The van der Waals surface area contributed by atoms with Gasteiger partial charge in [0.25, 0.3) is 10.0 Å². The fraction of sp³-hybridized carbons (Fsp3) is 0.333. The Morgan fingerprint density at radius 3 is 2.29 bits per heavy atom. The van der Waals surface area contributed by atoms with Crippen molar-refractivity contribution in [3.05, 3.63) is 51.5 Å². The van der Waals surface area contributed by atoms with Crippen LogP contribution in [0, 0.1) is 13.8 Å². The minimum atomic E-state index is -3.75. The molecule has 1 N–H and O–H groups in total. The second-order valence-electron chi connectivity index (χ2n) is 6.08. The summed E-state index contributed by atoms with van der Waals surface area (Å²) in [7, 11) is -2.27. The van der Waals surface area contributed by atoms with Crippen LogP contribution in [0.15, 0.2) is 39.7 Å². The predicted molar refractivity (Wildman–Crippen MR) is 102 cm³/mol. The summed E-state index contributed by atoms with van der Waals surface area (Å²) in [4.78, 5) is 0.154. The Bertz CT molecular complexity index is 861. The molecule has 0 amide bonds. The Kier molecular flexibility index (Phi) is 5.60. The summed E-state index contributed by atoms with van der Waals surface area (Å²) >= 11 is 3.38. The number of rotatable bonds is 5. The van der Waals surface area contributed by atoms with Crippen LogP contribution in [0.5, 0.6) is 5.75 Å². The molecule has 0 saturated carbocycles. The molecule has 4 nitrogen and oxygen atoms in total. The number of sulfonamides is 1. The summed E-state index contributed by atoms with van der Waals surface area (Å²) < 4.78 is 34.7. The molecule has 2 aromatic carbocycles. The van der Waals surface area contributed by atoms with Crippen molar-refractivity contribution < 1.29 is 13.2 Å². The van der Waals surface area contributed by atoms with E-state index in [1.165, 1.54) is 7.11 Å². The number of nitrogens with one attached hydrogen (secondary N) is 1. The van der Waals surface area contributed by atoms with Gasteiger partial charge in [-0.15, -0.1) is 0 Å². The molecule has 0 aliphatic rings. The van der Waals surface area contributed by atoms with Gasteiger partial charge < -0.3 is 4.74 Å². The third-order valence-corrected chi connectivity index (χ3v) is 5.78. The van der Waals surface area contributed by atoms with Crippen molar-refractivity contribution in [2.45, 2.75) is 38.5 Å². The summed E-state index contributed by atoms with van der Waals surface area (Å²) in [6, 6.07) is 8.88. The van der Waals surface area contributed by atoms with Gasteiger partial charge in [-0.3, -0.25) is 4.72 Å². The normalized spacial score (nSPS) is 11.6. The van der Waals surface area contributed by atoms with Crippen LogP contribution in [0.1, 0.15) is 36.5 Å². The van der Waals surface area contributed by atoms with Crippen LogP contribution in [-0.4, -0.2) is 15.5 Å². The second-order valence-corrected chi connectivity index (χ2v) is 8.65. The molecule has 0 aromatic heterocycles. The van der Waals surface area contributed by atoms with Crippen LogP contribution in [-0.2, 0) is 10.0 Å². The topological polar surface area (TPSA) is 55.4 Å². The fourth-order valence-electron chi connectivity index (χ4n) is 2.61. The molecule has 2 aromatic rings. The SMILES string of the molecule is COc1cc(C)c(C(C)C)cc1S(=O)(=O)Nc1ccc(Br)cc1C. The van der Waals surface area contributed by atoms with Gasteiger partial charge >= 0.3 is 0 Å². The highest BCUT2D eigenvalue weighted by Crippen LogP contribution is 2.33. The molecular formula is C18H22BrNO3S. The lowest BCUT2D eigenvalue weighted by Crippen LogP contribution is -2.15. The molecule has 24 heavy (non-hydrogen) atoms. The second kappa shape index (κ2) is 7.15. The van der Waals surface area contributed by atoms with Crippen LogP contribution in [0.3, 0.4) is 0 Å². The quantitative estimate of drug-likeness (QED) is 0.752. The molecule has 0 unspecified atom stereocenters. The Labute approximate surface area is 152 Å². The van der Waals surface area contributed by atoms with E-state index in [0.717, 1.165) is 21.2 Å². The van der Waals surface area contributed by atoms with Crippen molar-refractivity contribution in [1.29, 1.82) is 0 Å². The highest BCUT2D eigenvalue weighted by atomic mass is 79.9. The maximum absolute atomic E-state index is 12.9. The van der Waals surface area contributed by atoms with Gasteiger partial charge in [-0.05, 0) is 66.8 Å². The lowest BCUT2D eigenvalue weighted by molar-refractivity contribution is 0.402. The summed E-state index contributed by atoms with van der Waals surface area (Å²) in [5, 5.41) is 0. The summed E-state index contributed by atoms with van der Waals surface area (Å²) in [5.41, 5.74) is 3.39. The third kappa shape index (κ3) is 3.92. The maximum atomic E-state index is 12.9. The highest BCUT2D eigenvalue weighted by Gasteiger charge is 2.23. The van der Waals surface area contributed by atoms with E-state index in [-0.39, 0.29) is 10.8 Å². The van der Waals surface area contributed by atoms with E-state index in [1.54, 1.807) is 24.3 Å². The monoisotopic (exact) mass is 411 g/mol. The summed E-state index contributed by atoms with van der Waals surface area (Å²) in [6.07, 6.45) is 0. The van der Waals surface area contributed by atoms with Gasteiger partial charge in [-0.25, -0.2) is 8.42 Å². The first-order valence-corrected chi connectivity index (χ1v) is 9.91. The number of hydrogen-bond acceptors (Lipinski definition) is 3. The minimum absolute atomic E-state index is 0.154. The van der Waals surface area contributed by atoms with E-state index in [0.29, 0.717) is 11.4 Å². The van der Waals surface area contributed by atoms with Crippen LogP contribution in [0.2, 0.25) is 0 Å². The van der Waals surface area contributed by atoms with Gasteiger partial charge in [0.15, 0.2) is 0 Å². The standard InChI is InChI=1S/C18H22BrNO3S/c1-11(2)15-10-18(17(23-5)9-12(15)3)24(21,22)20-16-7-6-14(19)8-13(16)4/h6-11,20H,1-5H3. The van der Waals surface area contributed by atoms with E-state index in [1.807, 2.05) is 33.8 Å². The van der Waals surface area contributed by atoms with Gasteiger partial charge in [0, 0.05) is 4.47 Å². The number of benzene rings is 2. The molecule has 0 heterocycles. The average Bonchev–Trinajstić information content (AvgIpc) is 2.49. The van der Waals surface area contributed by atoms with E-state index < -0.39 is 10.0 Å². The number of ether oxygens (including phenoxy) is 1. The Morgan fingerprint density at radius 2 is 1.75 bits per heavy atom. The lowest BCUT2D eigenvalue weighted by atomic mass is 9.98. The number of aryl methyl sites for hydroxylation is 2. The van der Waals surface area contributed by atoms with E-state index in [4.69, 9.17) is 4.74 Å². The van der Waals surface area contributed by atoms with Gasteiger partial charge in [0.05, 0.1) is 12.8 Å². The molecule has 2 rings (SSSR count). The molecule has 0 saturated heterocycles. The smallest absolute Gasteiger partial charge is 0.265 e. The number of anilines is 1. The van der Waals surface area contributed by atoms with Gasteiger partial charge in [0.1, 0.15) is 10.6 Å². The molecule has 0 radical (unpaired) electrons.